The molecule has 1 aromatic carbocycles. The number of halogens is 1. The Hall–Kier alpha value is -2.14. The summed E-state index contributed by atoms with van der Waals surface area (Å²) < 4.78 is 16.1. The minimum Gasteiger partial charge on any atom is -0.503 e. The Morgan fingerprint density at radius 3 is 3.00 bits per heavy atom. The minimum atomic E-state index is -0.355. The summed E-state index contributed by atoms with van der Waals surface area (Å²) in [5.74, 6) is -0.344. The molecule has 114 valence electrons. The molecule has 2 aromatic rings. The van der Waals surface area contributed by atoms with Gasteiger partial charge in [-0.05, 0) is 24.5 Å². The van der Waals surface area contributed by atoms with Crippen LogP contribution in [0.2, 0.25) is 0 Å². The zero-order chi connectivity index (χ0) is 15.3. The van der Waals surface area contributed by atoms with Gasteiger partial charge in [-0.2, -0.15) is 0 Å². The van der Waals surface area contributed by atoms with Crippen molar-refractivity contribution in [3.8, 4) is 5.75 Å². The highest BCUT2D eigenvalue weighted by Crippen LogP contribution is 2.38. The molecule has 0 saturated carbocycles. The van der Waals surface area contributed by atoms with Gasteiger partial charge in [0.2, 0.25) is 5.43 Å². The molecule has 0 saturated heterocycles. The van der Waals surface area contributed by atoms with E-state index in [1.165, 1.54) is 18.3 Å². The van der Waals surface area contributed by atoms with Crippen LogP contribution in [0.3, 0.4) is 0 Å². The third-order valence-corrected chi connectivity index (χ3v) is 4.79. The molecule has 1 aliphatic carbocycles. The topological polar surface area (TPSA) is 45.5 Å². The standard InChI is InChI=1S/C17H17FN2O2/c18-13-3-1-2-11-4-5-14(17(11)13)20-7-6-19-10-16(22)15(21)8-12(19)9-20/h1-3,8,10,14,22H,4-7,9H2. The maximum atomic E-state index is 14.2. The van der Waals surface area contributed by atoms with Gasteiger partial charge in [0, 0.05) is 43.0 Å². The second kappa shape index (κ2) is 4.95. The number of benzene rings is 1. The Bertz CT molecular complexity index is 800. The van der Waals surface area contributed by atoms with E-state index in [2.05, 4.69) is 4.90 Å². The summed E-state index contributed by atoms with van der Waals surface area (Å²) in [7, 11) is 0. The molecule has 2 heterocycles. The van der Waals surface area contributed by atoms with Crippen molar-refractivity contribution in [1.29, 1.82) is 0 Å². The van der Waals surface area contributed by atoms with E-state index in [1.54, 1.807) is 6.07 Å². The van der Waals surface area contributed by atoms with E-state index < -0.39 is 0 Å². The molecular weight excluding hydrogens is 283 g/mol. The zero-order valence-electron chi connectivity index (χ0n) is 12.1. The third kappa shape index (κ3) is 2.04. The summed E-state index contributed by atoms with van der Waals surface area (Å²) >= 11 is 0. The van der Waals surface area contributed by atoms with Gasteiger partial charge < -0.3 is 9.67 Å². The van der Waals surface area contributed by atoms with Gasteiger partial charge in [0.15, 0.2) is 5.75 Å². The van der Waals surface area contributed by atoms with Crippen molar-refractivity contribution < 1.29 is 9.50 Å². The van der Waals surface area contributed by atoms with Crippen molar-refractivity contribution >= 4 is 0 Å². The van der Waals surface area contributed by atoms with Gasteiger partial charge >= 0.3 is 0 Å². The molecule has 1 unspecified atom stereocenters. The largest absolute Gasteiger partial charge is 0.503 e. The van der Waals surface area contributed by atoms with Gasteiger partial charge in [-0.1, -0.05) is 12.1 Å². The van der Waals surface area contributed by atoms with Crippen LogP contribution in [-0.2, 0) is 19.5 Å². The van der Waals surface area contributed by atoms with E-state index in [0.29, 0.717) is 13.1 Å². The van der Waals surface area contributed by atoms with E-state index in [1.807, 2.05) is 10.6 Å². The molecular formula is C17H17FN2O2. The van der Waals surface area contributed by atoms with Crippen molar-refractivity contribution in [2.45, 2.75) is 32.0 Å². The number of aryl methyl sites for hydroxylation is 1. The Morgan fingerprint density at radius 1 is 1.27 bits per heavy atom. The predicted molar refractivity (Wildman–Crippen MR) is 80.2 cm³/mol. The number of pyridine rings is 1. The van der Waals surface area contributed by atoms with Gasteiger partial charge in [-0.25, -0.2) is 4.39 Å². The molecule has 1 aliphatic heterocycles. The molecule has 0 amide bonds. The molecule has 0 fully saturated rings. The molecule has 1 atom stereocenters. The van der Waals surface area contributed by atoms with E-state index in [9.17, 15) is 14.3 Å². The average molecular weight is 300 g/mol. The summed E-state index contributed by atoms with van der Waals surface area (Å²) in [6, 6.07) is 6.85. The van der Waals surface area contributed by atoms with Crippen molar-refractivity contribution in [3.63, 3.8) is 0 Å². The fraction of sp³-hybridized carbons (Fsp3) is 0.353. The predicted octanol–water partition coefficient (Wildman–Crippen LogP) is 2.20. The average Bonchev–Trinajstić information content (AvgIpc) is 2.93. The monoisotopic (exact) mass is 300 g/mol. The van der Waals surface area contributed by atoms with Crippen LogP contribution in [0.4, 0.5) is 4.39 Å². The van der Waals surface area contributed by atoms with E-state index >= 15 is 0 Å². The maximum Gasteiger partial charge on any atom is 0.223 e. The molecule has 4 nitrogen and oxygen atoms in total. The lowest BCUT2D eigenvalue weighted by atomic mass is 10.0. The summed E-state index contributed by atoms with van der Waals surface area (Å²) in [4.78, 5) is 13.9. The van der Waals surface area contributed by atoms with E-state index in [0.717, 1.165) is 36.2 Å². The van der Waals surface area contributed by atoms with Gasteiger partial charge in [0.05, 0.1) is 6.20 Å². The fourth-order valence-electron chi connectivity index (χ4n) is 3.71. The molecule has 1 aromatic heterocycles. The SMILES string of the molecule is O=c1cc2n(cc1O)CCN(C1CCc3cccc(F)c31)C2. The van der Waals surface area contributed by atoms with Gasteiger partial charge in [-0.3, -0.25) is 9.69 Å². The highest BCUT2D eigenvalue weighted by atomic mass is 19.1. The smallest absolute Gasteiger partial charge is 0.223 e. The molecule has 2 aliphatic rings. The highest BCUT2D eigenvalue weighted by molar-refractivity contribution is 5.36. The van der Waals surface area contributed by atoms with Gasteiger partial charge in [-0.15, -0.1) is 0 Å². The number of aromatic nitrogens is 1. The molecule has 22 heavy (non-hydrogen) atoms. The Morgan fingerprint density at radius 2 is 2.14 bits per heavy atom. The minimum absolute atomic E-state index is 0.0776. The lowest BCUT2D eigenvalue weighted by Gasteiger charge is -2.35. The summed E-state index contributed by atoms with van der Waals surface area (Å²) in [6.07, 6.45) is 3.31. The second-order valence-electron chi connectivity index (χ2n) is 6.05. The first-order valence-electron chi connectivity index (χ1n) is 7.57. The number of hydrogen-bond acceptors (Lipinski definition) is 3. The van der Waals surface area contributed by atoms with Crippen molar-refractivity contribution in [1.82, 2.24) is 9.47 Å². The lowest BCUT2D eigenvalue weighted by Crippen LogP contribution is -2.37. The molecule has 1 N–H and O–H groups in total. The quantitative estimate of drug-likeness (QED) is 0.878. The van der Waals surface area contributed by atoms with Crippen molar-refractivity contribution in [3.05, 3.63) is 63.3 Å². The summed E-state index contributed by atoms with van der Waals surface area (Å²) in [6.45, 7) is 2.09. The lowest BCUT2D eigenvalue weighted by molar-refractivity contribution is 0.151. The highest BCUT2D eigenvalue weighted by Gasteiger charge is 2.32. The number of aromatic hydroxyl groups is 1. The molecule has 4 rings (SSSR count). The Labute approximate surface area is 127 Å². The Kier molecular flexibility index (Phi) is 3.04. The normalized spacial score (nSPS) is 20.7. The van der Waals surface area contributed by atoms with Crippen LogP contribution < -0.4 is 5.43 Å². The summed E-state index contributed by atoms with van der Waals surface area (Å²) in [5.41, 5.74) is 2.43. The molecule has 0 bridgehead atoms. The van der Waals surface area contributed by atoms with Crippen LogP contribution in [0.5, 0.6) is 5.75 Å². The van der Waals surface area contributed by atoms with Gasteiger partial charge in [0.25, 0.3) is 0 Å². The number of nitrogens with zero attached hydrogens (tertiary/aromatic N) is 2. The summed E-state index contributed by atoms with van der Waals surface area (Å²) in [5, 5.41) is 9.52. The molecule has 0 radical (unpaired) electrons. The fourth-order valence-corrected chi connectivity index (χ4v) is 3.71. The third-order valence-electron chi connectivity index (χ3n) is 4.79. The number of fused-ring (bicyclic) bond motifs is 2. The number of hydrogen-bond donors (Lipinski definition) is 1. The number of rotatable bonds is 1. The van der Waals surface area contributed by atoms with Crippen molar-refractivity contribution in [2.75, 3.05) is 6.54 Å². The first-order valence-corrected chi connectivity index (χ1v) is 7.57. The van der Waals surface area contributed by atoms with Crippen LogP contribution in [0.15, 0.2) is 35.3 Å². The second-order valence-corrected chi connectivity index (χ2v) is 6.05. The first-order chi connectivity index (χ1) is 10.6. The van der Waals surface area contributed by atoms with E-state index in [4.69, 9.17) is 0 Å². The first kappa shape index (κ1) is 13.5. The molecule has 5 heteroatoms. The van der Waals surface area contributed by atoms with Crippen LogP contribution in [-0.4, -0.2) is 21.1 Å². The van der Waals surface area contributed by atoms with Crippen LogP contribution >= 0.6 is 0 Å². The van der Waals surface area contributed by atoms with Gasteiger partial charge in [0.1, 0.15) is 5.82 Å². The Balaban J connectivity index is 1.67. The van der Waals surface area contributed by atoms with Crippen LogP contribution in [0, 0.1) is 5.82 Å². The van der Waals surface area contributed by atoms with Crippen LogP contribution in [0.1, 0.15) is 29.3 Å². The van der Waals surface area contributed by atoms with E-state index in [-0.39, 0.29) is 23.0 Å². The maximum absolute atomic E-state index is 14.2. The van der Waals surface area contributed by atoms with Crippen LogP contribution in [0.25, 0.3) is 0 Å². The van der Waals surface area contributed by atoms with Crippen molar-refractivity contribution in [2.24, 2.45) is 0 Å². The zero-order valence-corrected chi connectivity index (χ0v) is 12.1. The molecule has 0 spiro atoms.